The molecular weight excluding hydrogens is 445 g/mol. The molecule has 172 valence electrons. The van der Waals surface area contributed by atoms with Crippen molar-refractivity contribution < 1.29 is 27.9 Å². The highest BCUT2D eigenvalue weighted by Crippen LogP contribution is 2.32. The Morgan fingerprint density at radius 2 is 1.75 bits per heavy atom. The summed E-state index contributed by atoms with van der Waals surface area (Å²) in [4.78, 5) is 24.0. The fraction of sp³-hybridized carbons (Fsp3) is 0.391. The minimum Gasteiger partial charge on any atom is -0.481 e. The number of carboxylic acids is 1. The van der Waals surface area contributed by atoms with Crippen molar-refractivity contribution in [2.75, 3.05) is 11.9 Å². The number of hydrogen-bond donors (Lipinski definition) is 2. The molecule has 0 aromatic heterocycles. The number of anilines is 1. The van der Waals surface area contributed by atoms with Gasteiger partial charge >= 0.3 is 12.5 Å². The second-order valence-electron chi connectivity index (χ2n) is 7.94. The molecule has 0 aliphatic heterocycles. The van der Waals surface area contributed by atoms with Gasteiger partial charge in [0, 0.05) is 18.3 Å². The molecule has 1 saturated carbocycles. The lowest BCUT2D eigenvalue weighted by molar-refractivity contribution is -0.136. The summed E-state index contributed by atoms with van der Waals surface area (Å²) in [6, 6.07) is 9.61. The Morgan fingerprint density at radius 1 is 1.09 bits per heavy atom. The molecular formula is C23H24ClF3N2O3. The summed E-state index contributed by atoms with van der Waals surface area (Å²) in [6.45, 7) is -2.37. The summed E-state index contributed by atoms with van der Waals surface area (Å²) >= 11 is 5.94. The Morgan fingerprint density at radius 3 is 2.34 bits per heavy atom. The third kappa shape index (κ3) is 6.16. The first-order chi connectivity index (χ1) is 15.2. The van der Waals surface area contributed by atoms with E-state index in [0.29, 0.717) is 42.7 Å². The number of halogens is 4. The Bertz CT molecular complexity index is 948. The van der Waals surface area contributed by atoms with Crippen LogP contribution in [0.5, 0.6) is 0 Å². The van der Waals surface area contributed by atoms with Gasteiger partial charge in [0.15, 0.2) is 0 Å². The highest BCUT2D eigenvalue weighted by atomic mass is 35.5. The number of nitrogens with one attached hydrogen (secondary N) is 1. The summed E-state index contributed by atoms with van der Waals surface area (Å²) in [7, 11) is 0. The van der Waals surface area contributed by atoms with E-state index in [9.17, 15) is 22.8 Å². The lowest BCUT2D eigenvalue weighted by Crippen LogP contribution is -2.46. The van der Waals surface area contributed by atoms with Crippen molar-refractivity contribution in [3.63, 3.8) is 0 Å². The molecule has 0 saturated heterocycles. The van der Waals surface area contributed by atoms with Gasteiger partial charge in [0.1, 0.15) is 5.82 Å². The summed E-state index contributed by atoms with van der Waals surface area (Å²) in [5, 5.41) is 12.0. The zero-order chi connectivity index (χ0) is 23.3. The van der Waals surface area contributed by atoms with Gasteiger partial charge in [-0.2, -0.15) is 8.78 Å². The van der Waals surface area contributed by atoms with E-state index < -0.39 is 30.3 Å². The van der Waals surface area contributed by atoms with Crippen molar-refractivity contribution in [1.29, 1.82) is 0 Å². The molecule has 5 nitrogen and oxygen atoms in total. The molecule has 2 N–H and O–H groups in total. The first-order valence-electron chi connectivity index (χ1n) is 10.3. The minimum atomic E-state index is -3.01. The Labute approximate surface area is 189 Å². The molecule has 2 aromatic carbocycles. The first kappa shape index (κ1) is 23.9. The first-order valence-corrected chi connectivity index (χ1v) is 10.7. The van der Waals surface area contributed by atoms with Gasteiger partial charge < -0.3 is 10.4 Å². The predicted octanol–water partition coefficient (Wildman–Crippen LogP) is 5.44. The summed E-state index contributed by atoms with van der Waals surface area (Å²) in [5.74, 6) is -2.32. The molecule has 0 spiro atoms. The monoisotopic (exact) mass is 468 g/mol. The molecule has 32 heavy (non-hydrogen) atoms. The van der Waals surface area contributed by atoms with E-state index in [1.165, 1.54) is 6.07 Å². The number of benzene rings is 2. The van der Waals surface area contributed by atoms with Crippen molar-refractivity contribution in [1.82, 2.24) is 4.90 Å². The van der Waals surface area contributed by atoms with Gasteiger partial charge in [-0.15, -0.1) is 0 Å². The Kier molecular flexibility index (Phi) is 8.01. The van der Waals surface area contributed by atoms with Crippen LogP contribution in [0, 0.1) is 11.7 Å². The average molecular weight is 469 g/mol. The van der Waals surface area contributed by atoms with Crippen LogP contribution in [0.2, 0.25) is 5.02 Å². The maximum atomic E-state index is 13.7. The molecule has 1 aliphatic carbocycles. The average Bonchev–Trinajstić information content (AvgIpc) is 2.75. The summed E-state index contributed by atoms with van der Waals surface area (Å²) < 4.78 is 41.0. The highest BCUT2D eigenvalue weighted by Gasteiger charge is 2.35. The largest absolute Gasteiger partial charge is 0.481 e. The van der Waals surface area contributed by atoms with E-state index in [4.69, 9.17) is 16.7 Å². The second-order valence-corrected chi connectivity index (χ2v) is 8.34. The van der Waals surface area contributed by atoms with Crippen LogP contribution >= 0.6 is 11.6 Å². The van der Waals surface area contributed by atoms with Crippen LogP contribution in [-0.4, -0.2) is 41.0 Å². The molecule has 0 unspecified atom stereocenters. The van der Waals surface area contributed by atoms with Gasteiger partial charge in [-0.05, 0) is 67.5 Å². The third-order valence-corrected chi connectivity index (χ3v) is 6.05. The number of rotatable bonds is 8. The molecule has 9 heteroatoms. The van der Waals surface area contributed by atoms with Crippen molar-refractivity contribution in [2.45, 2.75) is 44.7 Å². The van der Waals surface area contributed by atoms with Crippen molar-refractivity contribution in [3.05, 3.63) is 64.4 Å². The SMILES string of the molecule is O=C(O)Cc1ccc(NCC2CCC(N(C(=O)c3cc(F)ccc3Cl)C(F)F)CC2)cc1. The van der Waals surface area contributed by atoms with Crippen LogP contribution in [0.3, 0.4) is 0 Å². The number of carbonyl (C=O) groups excluding carboxylic acids is 1. The van der Waals surface area contributed by atoms with Crippen LogP contribution in [0.1, 0.15) is 41.6 Å². The third-order valence-electron chi connectivity index (χ3n) is 5.72. The number of nitrogens with zero attached hydrogens (tertiary/aromatic N) is 1. The van der Waals surface area contributed by atoms with Crippen LogP contribution in [0.25, 0.3) is 0 Å². The molecule has 1 fully saturated rings. The summed E-state index contributed by atoms with van der Waals surface area (Å²) in [6.07, 6.45) is 2.09. The van der Waals surface area contributed by atoms with Gasteiger partial charge in [-0.3, -0.25) is 14.5 Å². The molecule has 2 aromatic rings. The topological polar surface area (TPSA) is 69.6 Å². The van der Waals surface area contributed by atoms with Gasteiger partial charge in [0.25, 0.3) is 5.91 Å². The normalized spacial score (nSPS) is 18.4. The molecule has 0 bridgehead atoms. The standard InChI is InChI=1S/C23H24ClF3N2O3/c24-20-10-5-16(25)12-19(20)22(32)29(23(26)27)18-8-3-15(4-9-18)13-28-17-6-1-14(2-7-17)11-21(30)31/h1-2,5-7,10,12,15,18,23,28H,3-4,8-9,11,13H2,(H,30,31). The van der Waals surface area contributed by atoms with Gasteiger partial charge in [0.05, 0.1) is 17.0 Å². The maximum absolute atomic E-state index is 13.7. The number of alkyl halides is 2. The van der Waals surface area contributed by atoms with E-state index in [2.05, 4.69) is 5.32 Å². The highest BCUT2D eigenvalue weighted by molar-refractivity contribution is 6.33. The molecule has 1 aliphatic rings. The van der Waals surface area contributed by atoms with Crippen LogP contribution in [-0.2, 0) is 11.2 Å². The smallest absolute Gasteiger partial charge is 0.317 e. The summed E-state index contributed by atoms with van der Waals surface area (Å²) in [5.41, 5.74) is 1.30. The predicted molar refractivity (Wildman–Crippen MR) is 116 cm³/mol. The fourth-order valence-electron chi connectivity index (χ4n) is 4.02. The molecule has 3 rings (SSSR count). The number of amides is 1. The van der Waals surface area contributed by atoms with E-state index >= 15 is 0 Å². The lowest BCUT2D eigenvalue weighted by Gasteiger charge is -2.36. The van der Waals surface area contributed by atoms with Crippen LogP contribution in [0.4, 0.5) is 18.9 Å². The zero-order valence-electron chi connectivity index (χ0n) is 17.2. The van der Waals surface area contributed by atoms with E-state index in [0.717, 1.165) is 17.8 Å². The number of carboxylic acid groups (broad SMARTS) is 1. The molecule has 0 radical (unpaired) electrons. The number of hydrogen-bond acceptors (Lipinski definition) is 3. The minimum absolute atomic E-state index is 0.0372. The van der Waals surface area contributed by atoms with Crippen LogP contribution in [0.15, 0.2) is 42.5 Å². The van der Waals surface area contributed by atoms with E-state index in [1.54, 1.807) is 12.1 Å². The Hall–Kier alpha value is -2.74. The van der Waals surface area contributed by atoms with Crippen LogP contribution < -0.4 is 5.32 Å². The van der Waals surface area contributed by atoms with Gasteiger partial charge in [-0.1, -0.05) is 23.7 Å². The molecule has 1 amide bonds. The van der Waals surface area contributed by atoms with E-state index in [1.807, 2.05) is 12.1 Å². The maximum Gasteiger partial charge on any atom is 0.317 e. The fourth-order valence-corrected chi connectivity index (χ4v) is 4.22. The molecule has 0 heterocycles. The van der Waals surface area contributed by atoms with Gasteiger partial charge in [-0.25, -0.2) is 4.39 Å². The molecule has 0 atom stereocenters. The van der Waals surface area contributed by atoms with Crippen molar-refractivity contribution in [2.24, 2.45) is 5.92 Å². The lowest BCUT2D eigenvalue weighted by atomic mass is 9.85. The van der Waals surface area contributed by atoms with E-state index in [-0.39, 0.29) is 22.9 Å². The Balaban J connectivity index is 1.55. The quantitative estimate of drug-likeness (QED) is 0.506. The number of aliphatic carboxylic acids is 1. The number of carbonyl (C=O) groups is 2. The van der Waals surface area contributed by atoms with Gasteiger partial charge in [0.2, 0.25) is 0 Å². The second kappa shape index (κ2) is 10.7. The zero-order valence-corrected chi connectivity index (χ0v) is 18.0. The van der Waals surface area contributed by atoms with Crippen molar-refractivity contribution in [3.8, 4) is 0 Å². The van der Waals surface area contributed by atoms with Crippen molar-refractivity contribution >= 4 is 29.2 Å².